The van der Waals surface area contributed by atoms with Crippen LogP contribution in [0.15, 0.2) is 15.7 Å². The summed E-state index contributed by atoms with van der Waals surface area (Å²) in [6.45, 7) is 4.42. The van der Waals surface area contributed by atoms with Crippen molar-refractivity contribution in [3.63, 3.8) is 0 Å². The Morgan fingerprint density at radius 3 is 2.53 bits per heavy atom. The van der Waals surface area contributed by atoms with Gasteiger partial charge in [-0.1, -0.05) is 13.8 Å². The van der Waals surface area contributed by atoms with Gasteiger partial charge in [-0.3, -0.25) is 4.79 Å². The maximum atomic E-state index is 11.9. The molecule has 0 bridgehead atoms. The first-order valence-corrected chi connectivity index (χ1v) is 8.29. The number of hydrogen-bond donors (Lipinski definition) is 3. The normalized spacial score (nSPS) is 13.5. The largest absolute Gasteiger partial charge is 0.348 e. The molecule has 0 fully saturated rings. The van der Waals surface area contributed by atoms with Gasteiger partial charge in [-0.05, 0) is 18.4 Å². The Hall–Kier alpha value is -0.960. The fourth-order valence-corrected chi connectivity index (χ4v) is 3.22. The number of rotatable bonds is 6. The molecule has 108 valence electrons. The van der Waals surface area contributed by atoms with Gasteiger partial charge >= 0.3 is 0 Å². The van der Waals surface area contributed by atoms with Crippen LogP contribution in [-0.2, 0) is 10.0 Å². The number of thiophene rings is 1. The molecular weight excluding hydrogens is 286 g/mol. The van der Waals surface area contributed by atoms with E-state index in [2.05, 4.69) is 5.32 Å². The summed E-state index contributed by atoms with van der Waals surface area (Å²) in [4.78, 5) is 11.9. The number of nitrogens with two attached hydrogens (primary N) is 2. The monoisotopic (exact) mass is 305 g/mol. The quantitative estimate of drug-likeness (QED) is 0.709. The summed E-state index contributed by atoms with van der Waals surface area (Å²) in [6, 6.07) is 1.16. The molecule has 1 aromatic heterocycles. The molecule has 0 radical (unpaired) electrons. The molecule has 1 aromatic rings. The second-order valence-electron chi connectivity index (χ2n) is 4.74. The third-order valence-corrected chi connectivity index (χ3v) is 4.88. The Morgan fingerprint density at radius 2 is 2.11 bits per heavy atom. The fourth-order valence-electron chi connectivity index (χ4n) is 1.64. The van der Waals surface area contributed by atoms with Crippen LogP contribution < -0.4 is 16.2 Å². The predicted octanol–water partition coefficient (Wildman–Crippen LogP) is 0.499. The van der Waals surface area contributed by atoms with Gasteiger partial charge in [-0.2, -0.15) is 0 Å². The highest BCUT2D eigenvalue weighted by Gasteiger charge is 2.18. The first-order valence-electron chi connectivity index (χ1n) is 5.86. The SMILES string of the molecule is CC(C)CC(CN)NC(=O)c1csc(S(N)(=O)=O)c1. The highest BCUT2D eigenvalue weighted by molar-refractivity contribution is 7.91. The topological polar surface area (TPSA) is 115 Å². The molecule has 1 heterocycles. The highest BCUT2D eigenvalue weighted by Crippen LogP contribution is 2.19. The zero-order valence-electron chi connectivity index (χ0n) is 10.9. The van der Waals surface area contributed by atoms with Crippen molar-refractivity contribution in [2.24, 2.45) is 16.8 Å². The smallest absolute Gasteiger partial charge is 0.252 e. The average Bonchev–Trinajstić information content (AvgIpc) is 2.76. The number of primary sulfonamides is 1. The summed E-state index contributed by atoms with van der Waals surface area (Å²) in [5, 5.41) is 9.25. The van der Waals surface area contributed by atoms with E-state index in [1.54, 1.807) is 0 Å². The maximum Gasteiger partial charge on any atom is 0.252 e. The molecular formula is C11H19N3O3S2. The first-order chi connectivity index (χ1) is 8.74. The lowest BCUT2D eigenvalue weighted by atomic mass is 10.0. The Morgan fingerprint density at radius 1 is 1.47 bits per heavy atom. The standard InChI is InChI=1S/C11H19N3O3S2/c1-7(2)3-9(5-12)14-11(15)8-4-10(18-6-8)19(13,16)17/h4,6-7,9H,3,5,12H2,1-2H3,(H,14,15)(H2,13,16,17). The van der Waals surface area contributed by atoms with Crippen molar-refractivity contribution in [2.75, 3.05) is 6.54 Å². The van der Waals surface area contributed by atoms with E-state index in [4.69, 9.17) is 10.9 Å². The Balaban J connectivity index is 2.75. The van der Waals surface area contributed by atoms with Gasteiger partial charge in [0, 0.05) is 18.0 Å². The third kappa shape index (κ3) is 4.90. The van der Waals surface area contributed by atoms with Gasteiger partial charge in [0.25, 0.3) is 5.91 Å². The summed E-state index contributed by atoms with van der Waals surface area (Å²) in [5.41, 5.74) is 5.88. The summed E-state index contributed by atoms with van der Waals surface area (Å²) in [5.74, 6) is 0.0820. The minimum Gasteiger partial charge on any atom is -0.348 e. The molecule has 0 aliphatic rings. The molecule has 0 spiro atoms. The zero-order valence-corrected chi connectivity index (χ0v) is 12.6. The van der Waals surface area contributed by atoms with E-state index < -0.39 is 10.0 Å². The molecule has 6 nitrogen and oxygen atoms in total. The van der Waals surface area contributed by atoms with Crippen LogP contribution in [0.4, 0.5) is 0 Å². The van der Waals surface area contributed by atoms with Crippen LogP contribution in [0.2, 0.25) is 0 Å². The molecule has 1 unspecified atom stereocenters. The molecule has 1 amide bonds. The Labute approximate surface area is 117 Å². The predicted molar refractivity (Wildman–Crippen MR) is 75.5 cm³/mol. The van der Waals surface area contributed by atoms with E-state index >= 15 is 0 Å². The summed E-state index contributed by atoms with van der Waals surface area (Å²) in [6.07, 6.45) is 0.772. The second kappa shape index (κ2) is 6.47. The molecule has 0 saturated carbocycles. The minimum atomic E-state index is -3.75. The van der Waals surface area contributed by atoms with Crippen LogP contribution in [0.3, 0.4) is 0 Å². The van der Waals surface area contributed by atoms with Crippen LogP contribution >= 0.6 is 11.3 Å². The van der Waals surface area contributed by atoms with Gasteiger partial charge in [0.2, 0.25) is 10.0 Å². The molecule has 8 heteroatoms. The fraction of sp³-hybridized carbons (Fsp3) is 0.545. The van der Waals surface area contributed by atoms with E-state index in [0.717, 1.165) is 17.8 Å². The van der Waals surface area contributed by atoms with Crippen LogP contribution in [0.1, 0.15) is 30.6 Å². The Kier molecular flexibility index (Phi) is 5.48. The van der Waals surface area contributed by atoms with Crippen LogP contribution in [0.25, 0.3) is 0 Å². The van der Waals surface area contributed by atoms with E-state index in [1.165, 1.54) is 11.4 Å². The number of carbonyl (C=O) groups excluding carboxylic acids is 1. The molecule has 19 heavy (non-hydrogen) atoms. The van der Waals surface area contributed by atoms with Crippen molar-refractivity contribution in [2.45, 2.75) is 30.5 Å². The summed E-state index contributed by atoms with van der Waals surface area (Å²) >= 11 is 0.928. The Bertz CT molecular complexity index is 537. The maximum absolute atomic E-state index is 11.9. The molecule has 0 aliphatic carbocycles. The number of sulfonamides is 1. The lowest BCUT2D eigenvalue weighted by Crippen LogP contribution is -2.40. The van der Waals surface area contributed by atoms with Crippen molar-refractivity contribution >= 4 is 27.3 Å². The van der Waals surface area contributed by atoms with Gasteiger partial charge in [-0.25, -0.2) is 13.6 Å². The molecule has 1 rings (SSSR count). The summed E-state index contributed by atoms with van der Waals surface area (Å²) in [7, 11) is -3.75. The van der Waals surface area contributed by atoms with E-state index in [0.29, 0.717) is 12.5 Å². The van der Waals surface area contributed by atoms with Crippen LogP contribution in [0.5, 0.6) is 0 Å². The van der Waals surface area contributed by atoms with Crippen LogP contribution in [0, 0.1) is 5.92 Å². The van der Waals surface area contributed by atoms with Gasteiger partial charge in [-0.15, -0.1) is 11.3 Å². The minimum absolute atomic E-state index is 0.0224. The molecule has 0 aliphatic heterocycles. The van der Waals surface area contributed by atoms with Gasteiger partial charge in [0.1, 0.15) is 4.21 Å². The molecule has 0 aromatic carbocycles. The van der Waals surface area contributed by atoms with Gasteiger partial charge in [0.15, 0.2) is 0 Å². The first kappa shape index (κ1) is 16.1. The number of carbonyl (C=O) groups is 1. The van der Waals surface area contributed by atoms with Gasteiger partial charge in [0.05, 0.1) is 5.56 Å². The van der Waals surface area contributed by atoms with Crippen molar-refractivity contribution in [1.82, 2.24) is 5.32 Å². The number of hydrogen-bond acceptors (Lipinski definition) is 5. The van der Waals surface area contributed by atoms with E-state index in [-0.39, 0.29) is 21.7 Å². The van der Waals surface area contributed by atoms with Crippen LogP contribution in [-0.4, -0.2) is 26.9 Å². The second-order valence-corrected chi connectivity index (χ2v) is 7.43. The van der Waals surface area contributed by atoms with E-state index in [1.807, 2.05) is 13.8 Å². The lowest BCUT2D eigenvalue weighted by Gasteiger charge is -2.18. The number of nitrogens with one attached hydrogen (secondary N) is 1. The highest BCUT2D eigenvalue weighted by atomic mass is 32.2. The summed E-state index contributed by atoms with van der Waals surface area (Å²) < 4.78 is 22.2. The van der Waals surface area contributed by atoms with Crippen molar-refractivity contribution in [1.29, 1.82) is 0 Å². The van der Waals surface area contributed by atoms with Crippen molar-refractivity contribution in [3.05, 3.63) is 17.0 Å². The lowest BCUT2D eigenvalue weighted by molar-refractivity contribution is 0.0934. The van der Waals surface area contributed by atoms with Crippen molar-refractivity contribution < 1.29 is 13.2 Å². The van der Waals surface area contributed by atoms with Gasteiger partial charge < -0.3 is 11.1 Å². The van der Waals surface area contributed by atoms with Crippen molar-refractivity contribution in [3.8, 4) is 0 Å². The number of amides is 1. The molecule has 5 N–H and O–H groups in total. The third-order valence-electron chi connectivity index (χ3n) is 2.49. The zero-order chi connectivity index (χ0) is 14.6. The molecule has 1 atom stereocenters. The van der Waals surface area contributed by atoms with E-state index in [9.17, 15) is 13.2 Å². The average molecular weight is 305 g/mol. The molecule has 0 saturated heterocycles.